The maximum absolute atomic E-state index is 13.4. The molecule has 1 N–H and O–H groups in total. The van der Waals surface area contributed by atoms with E-state index in [1.807, 2.05) is 30.3 Å². The summed E-state index contributed by atoms with van der Waals surface area (Å²) in [6.07, 6.45) is 5.47. The Balaban J connectivity index is 1.45. The van der Waals surface area contributed by atoms with Gasteiger partial charge in [-0.3, -0.25) is 4.57 Å². The molecule has 1 fully saturated rings. The minimum Gasteiger partial charge on any atom is -0.494 e. The van der Waals surface area contributed by atoms with Crippen LogP contribution in [0.4, 0.5) is 10.2 Å². The Morgan fingerprint density at radius 3 is 2.55 bits per heavy atom. The maximum atomic E-state index is 13.4. The lowest BCUT2D eigenvalue weighted by molar-refractivity contribution is 0.276. The molecule has 8 nitrogen and oxygen atoms in total. The molecule has 0 spiro atoms. The Morgan fingerprint density at radius 1 is 1.03 bits per heavy atom. The summed E-state index contributed by atoms with van der Waals surface area (Å²) in [5.41, 5.74) is 2.81. The first kappa shape index (κ1) is 21.0. The molecule has 0 bridgehead atoms. The highest BCUT2D eigenvalue weighted by Gasteiger charge is 2.20. The summed E-state index contributed by atoms with van der Waals surface area (Å²) >= 11 is 0. The number of rotatable bonds is 5. The van der Waals surface area contributed by atoms with Crippen molar-refractivity contribution in [2.45, 2.75) is 19.0 Å². The number of nitrogens with zero attached hydrogens (tertiary/aromatic N) is 5. The van der Waals surface area contributed by atoms with Crippen LogP contribution in [0.1, 0.15) is 12.8 Å². The van der Waals surface area contributed by atoms with Gasteiger partial charge in [0, 0.05) is 31.0 Å². The summed E-state index contributed by atoms with van der Waals surface area (Å²) in [5.74, 6) is 1.81. The number of ether oxygens (including phenoxy) is 2. The van der Waals surface area contributed by atoms with Crippen LogP contribution in [-0.2, 0) is 0 Å². The molecular weight excluding hydrogens is 425 g/mol. The number of methoxy groups -OCH3 is 2. The molecule has 5 heterocycles. The largest absolute Gasteiger partial charge is 0.494 e. The fourth-order valence-corrected chi connectivity index (χ4v) is 4.09. The van der Waals surface area contributed by atoms with Crippen LogP contribution in [0.15, 0.2) is 48.9 Å². The van der Waals surface area contributed by atoms with Crippen molar-refractivity contribution >= 4 is 16.7 Å². The molecule has 1 aliphatic rings. The van der Waals surface area contributed by atoms with Gasteiger partial charge in [-0.05, 0) is 43.2 Å². The summed E-state index contributed by atoms with van der Waals surface area (Å²) in [6.45, 7) is 1.31. The van der Waals surface area contributed by atoms with E-state index in [1.165, 1.54) is 7.11 Å². The van der Waals surface area contributed by atoms with Crippen molar-refractivity contribution in [1.29, 1.82) is 0 Å². The van der Waals surface area contributed by atoms with Gasteiger partial charge in [-0.1, -0.05) is 0 Å². The molecule has 4 aromatic rings. The summed E-state index contributed by atoms with van der Waals surface area (Å²) < 4.78 is 25.6. The second-order valence-electron chi connectivity index (χ2n) is 7.92. The van der Waals surface area contributed by atoms with Crippen LogP contribution in [0.5, 0.6) is 17.5 Å². The lowest BCUT2D eigenvalue weighted by Crippen LogP contribution is -2.34. The number of pyridine rings is 3. The van der Waals surface area contributed by atoms with Gasteiger partial charge in [0.1, 0.15) is 12.0 Å². The van der Waals surface area contributed by atoms with E-state index in [0.29, 0.717) is 59.8 Å². The number of alkyl halides is 1. The molecule has 0 unspecified atom stereocenters. The topological polar surface area (TPSA) is 85.5 Å². The predicted molar refractivity (Wildman–Crippen MR) is 123 cm³/mol. The van der Waals surface area contributed by atoms with Gasteiger partial charge in [-0.2, -0.15) is 0 Å². The van der Waals surface area contributed by atoms with Crippen LogP contribution in [-0.4, -0.2) is 58.1 Å². The second-order valence-corrected chi connectivity index (χ2v) is 7.92. The van der Waals surface area contributed by atoms with Crippen LogP contribution in [0.25, 0.3) is 27.8 Å². The monoisotopic (exact) mass is 449 g/mol. The lowest BCUT2D eigenvalue weighted by Gasteiger charge is -2.29. The highest BCUT2D eigenvalue weighted by molar-refractivity contribution is 5.87. The number of halogens is 1. The van der Waals surface area contributed by atoms with Crippen molar-refractivity contribution in [1.82, 2.24) is 19.5 Å². The van der Waals surface area contributed by atoms with Crippen molar-refractivity contribution in [2.75, 3.05) is 32.2 Å². The number of aromatic nitrogens is 4. The minimum atomic E-state index is -0.725. The van der Waals surface area contributed by atoms with Crippen LogP contribution >= 0.6 is 0 Å². The minimum absolute atomic E-state index is 0.0854. The quantitative estimate of drug-likeness (QED) is 0.490. The van der Waals surface area contributed by atoms with Gasteiger partial charge in [-0.15, -0.1) is 0 Å². The number of anilines is 1. The zero-order valence-corrected chi connectivity index (χ0v) is 18.4. The van der Waals surface area contributed by atoms with E-state index in [0.717, 1.165) is 11.4 Å². The molecule has 9 heteroatoms. The van der Waals surface area contributed by atoms with E-state index in [9.17, 15) is 9.50 Å². The first-order valence-corrected chi connectivity index (χ1v) is 10.7. The Hall–Kier alpha value is -3.88. The van der Waals surface area contributed by atoms with Gasteiger partial charge in [-0.25, -0.2) is 19.3 Å². The Kier molecular flexibility index (Phi) is 5.45. The second kappa shape index (κ2) is 8.57. The van der Waals surface area contributed by atoms with Crippen LogP contribution in [0.3, 0.4) is 0 Å². The lowest BCUT2D eigenvalue weighted by atomic mass is 10.1. The van der Waals surface area contributed by atoms with Crippen molar-refractivity contribution in [3.63, 3.8) is 0 Å². The van der Waals surface area contributed by atoms with Crippen LogP contribution < -0.4 is 14.4 Å². The molecule has 4 aromatic heterocycles. The van der Waals surface area contributed by atoms with E-state index in [1.54, 1.807) is 30.3 Å². The fraction of sp³-hybridized carbons (Fsp3) is 0.292. The van der Waals surface area contributed by atoms with Crippen molar-refractivity contribution in [3.05, 3.63) is 48.9 Å². The van der Waals surface area contributed by atoms with Gasteiger partial charge < -0.3 is 19.5 Å². The van der Waals surface area contributed by atoms with E-state index >= 15 is 0 Å². The molecule has 0 aliphatic carbocycles. The van der Waals surface area contributed by atoms with E-state index < -0.39 is 6.17 Å². The van der Waals surface area contributed by atoms with E-state index in [4.69, 9.17) is 14.5 Å². The highest BCUT2D eigenvalue weighted by Crippen LogP contribution is 2.33. The standard InChI is InChI=1S/C24H24FN5O3/c1-32-21-11-15(12-27-23(21)33-2)19-5-4-18-20(28-19)14-30(24(18)31)17-3-6-22(26-13-17)29-9-7-16(25)8-10-29/h3-6,11-14,16,31H,7-10H2,1-2H3. The molecule has 0 amide bonds. The van der Waals surface area contributed by atoms with Gasteiger partial charge in [0.2, 0.25) is 5.88 Å². The van der Waals surface area contributed by atoms with Gasteiger partial charge >= 0.3 is 0 Å². The third-order valence-corrected chi connectivity index (χ3v) is 5.93. The average molecular weight is 449 g/mol. The third kappa shape index (κ3) is 3.90. The average Bonchev–Trinajstić information content (AvgIpc) is 3.19. The van der Waals surface area contributed by atoms with Crippen molar-refractivity contribution < 1.29 is 19.0 Å². The molecular formula is C24H24FN5O3. The van der Waals surface area contributed by atoms with Crippen molar-refractivity contribution in [3.8, 4) is 34.5 Å². The Labute approximate surface area is 190 Å². The van der Waals surface area contributed by atoms with Gasteiger partial charge in [0.25, 0.3) is 5.88 Å². The molecule has 0 atom stereocenters. The molecule has 0 radical (unpaired) electrons. The molecule has 1 saturated heterocycles. The summed E-state index contributed by atoms with van der Waals surface area (Å²) in [7, 11) is 3.09. The smallest absolute Gasteiger partial charge is 0.256 e. The predicted octanol–water partition coefficient (Wildman–Crippen LogP) is 4.14. The Morgan fingerprint density at radius 2 is 1.85 bits per heavy atom. The molecule has 0 saturated carbocycles. The number of piperidine rings is 1. The molecule has 1 aliphatic heterocycles. The maximum Gasteiger partial charge on any atom is 0.256 e. The van der Waals surface area contributed by atoms with Crippen LogP contribution in [0, 0.1) is 0 Å². The molecule has 170 valence electrons. The van der Waals surface area contributed by atoms with E-state index in [-0.39, 0.29) is 5.88 Å². The van der Waals surface area contributed by atoms with Crippen molar-refractivity contribution in [2.24, 2.45) is 0 Å². The van der Waals surface area contributed by atoms with Gasteiger partial charge in [0.15, 0.2) is 5.75 Å². The molecule has 5 rings (SSSR count). The summed E-state index contributed by atoms with van der Waals surface area (Å²) in [5, 5.41) is 11.4. The van der Waals surface area contributed by atoms with E-state index in [2.05, 4.69) is 14.9 Å². The number of aromatic hydroxyl groups is 1. The first-order valence-electron chi connectivity index (χ1n) is 10.7. The first-order chi connectivity index (χ1) is 16.1. The van der Waals surface area contributed by atoms with Gasteiger partial charge in [0.05, 0.1) is 42.7 Å². The zero-order chi connectivity index (χ0) is 22.9. The fourth-order valence-electron chi connectivity index (χ4n) is 4.09. The van der Waals surface area contributed by atoms with Crippen LogP contribution in [0.2, 0.25) is 0 Å². The zero-order valence-electron chi connectivity index (χ0n) is 18.4. The Bertz CT molecular complexity index is 1280. The number of fused-ring (bicyclic) bond motifs is 1. The SMILES string of the molecule is COc1cc(-c2ccc3c(O)n(-c4ccc(N5CCC(F)CC5)nc4)cc3n2)cnc1OC. The third-order valence-electron chi connectivity index (χ3n) is 5.93. The molecule has 0 aromatic carbocycles. The normalized spacial score (nSPS) is 14.6. The molecule has 33 heavy (non-hydrogen) atoms. The summed E-state index contributed by atoms with van der Waals surface area (Å²) in [6, 6.07) is 9.24. The summed E-state index contributed by atoms with van der Waals surface area (Å²) in [4.78, 5) is 15.6. The number of hydrogen-bond donors (Lipinski definition) is 1. The highest BCUT2D eigenvalue weighted by atomic mass is 19.1. The number of hydrogen-bond acceptors (Lipinski definition) is 7.